The molecule has 0 aliphatic rings. The Kier molecular flexibility index (Phi) is 5.01. The van der Waals surface area contributed by atoms with E-state index in [1.165, 1.54) is 0 Å². The van der Waals surface area contributed by atoms with Gasteiger partial charge in [-0.3, -0.25) is 9.36 Å². The number of benzene rings is 2. The molecule has 6 nitrogen and oxygen atoms in total. The van der Waals surface area contributed by atoms with Gasteiger partial charge < -0.3 is 5.32 Å². The number of nitrogens with one attached hydrogen (secondary N) is 1. The summed E-state index contributed by atoms with van der Waals surface area (Å²) in [5, 5.41) is 6.00. The number of anilines is 1. The van der Waals surface area contributed by atoms with Gasteiger partial charge in [0.15, 0.2) is 0 Å². The molecule has 1 N–H and O–H groups in total. The second kappa shape index (κ2) is 8.12. The average Bonchev–Trinajstić information content (AvgIpc) is 3.41. The number of thiazole rings is 1. The van der Waals surface area contributed by atoms with Gasteiger partial charge in [0, 0.05) is 10.9 Å². The van der Waals surface area contributed by atoms with E-state index in [-0.39, 0.29) is 5.91 Å². The second-order valence-electron chi connectivity index (χ2n) is 7.18. The van der Waals surface area contributed by atoms with Gasteiger partial charge in [0.05, 0.1) is 40.0 Å². The lowest BCUT2D eigenvalue weighted by Gasteiger charge is -2.08. The summed E-state index contributed by atoms with van der Waals surface area (Å²) < 4.78 is 1.92. The largest absolute Gasteiger partial charge is 0.324 e. The van der Waals surface area contributed by atoms with Gasteiger partial charge in [-0.05, 0) is 36.8 Å². The number of amides is 1. The summed E-state index contributed by atoms with van der Waals surface area (Å²) in [6.45, 7) is 1.99. The van der Waals surface area contributed by atoms with Crippen LogP contribution in [0.3, 0.4) is 0 Å². The van der Waals surface area contributed by atoms with Crippen LogP contribution in [0.25, 0.3) is 28.1 Å². The highest BCUT2D eigenvalue weighted by atomic mass is 32.1. The van der Waals surface area contributed by atoms with Gasteiger partial charge in [-0.15, -0.1) is 11.3 Å². The summed E-state index contributed by atoms with van der Waals surface area (Å²) >= 11 is 1.63. The predicted octanol–water partition coefficient (Wildman–Crippen LogP) is 5.03. The third-order valence-electron chi connectivity index (χ3n) is 4.97. The van der Waals surface area contributed by atoms with E-state index in [4.69, 9.17) is 0 Å². The van der Waals surface area contributed by atoms with Crippen molar-refractivity contribution in [3.63, 3.8) is 0 Å². The van der Waals surface area contributed by atoms with Crippen molar-refractivity contribution in [3.8, 4) is 17.1 Å². The highest BCUT2D eigenvalue weighted by Gasteiger charge is 2.08. The SMILES string of the molecule is Cc1nc(-c2ccc(CC(=O)Nc3ccc(-n4cnc5ccccc54)nc3)cc2)cs1. The number of carbonyl (C=O) groups excluding carboxylic acids is 1. The number of aromatic nitrogens is 4. The molecule has 5 rings (SSSR count). The predicted molar refractivity (Wildman–Crippen MR) is 123 cm³/mol. The molecule has 0 bridgehead atoms. The quantitative estimate of drug-likeness (QED) is 0.428. The molecule has 1 amide bonds. The van der Waals surface area contributed by atoms with Crippen LogP contribution in [0.2, 0.25) is 0 Å². The van der Waals surface area contributed by atoms with E-state index in [1.807, 2.05) is 77.5 Å². The molecule has 152 valence electrons. The fourth-order valence-electron chi connectivity index (χ4n) is 3.42. The average molecular weight is 426 g/mol. The third-order valence-corrected chi connectivity index (χ3v) is 5.74. The van der Waals surface area contributed by atoms with E-state index in [9.17, 15) is 4.79 Å². The van der Waals surface area contributed by atoms with Crippen molar-refractivity contribution in [1.82, 2.24) is 19.5 Å². The number of hydrogen-bond acceptors (Lipinski definition) is 5. The van der Waals surface area contributed by atoms with Crippen LogP contribution >= 0.6 is 11.3 Å². The standard InChI is InChI=1S/C24H19N5OS/c1-16-27-21(14-31-16)18-8-6-17(7-9-18)12-24(30)28-19-10-11-23(25-13-19)29-15-26-20-4-2-3-5-22(20)29/h2-11,13-15H,12H2,1H3,(H,28,30). The van der Waals surface area contributed by atoms with Crippen LogP contribution in [0.5, 0.6) is 0 Å². The summed E-state index contributed by atoms with van der Waals surface area (Å²) in [6, 6.07) is 19.6. The first kappa shape index (κ1) is 19.1. The number of nitrogens with zero attached hydrogens (tertiary/aromatic N) is 4. The molecule has 3 aromatic heterocycles. The Labute approximate surface area is 183 Å². The molecule has 2 aromatic carbocycles. The molecule has 0 aliphatic heterocycles. The summed E-state index contributed by atoms with van der Waals surface area (Å²) in [6.07, 6.45) is 3.71. The van der Waals surface area contributed by atoms with Crippen molar-refractivity contribution in [2.75, 3.05) is 5.32 Å². The Balaban J connectivity index is 1.24. The first-order chi connectivity index (χ1) is 15.2. The molecule has 0 aliphatic carbocycles. The molecule has 0 saturated carbocycles. The molecular formula is C24H19N5OS. The number of pyridine rings is 1. The van der Waals surface area contributed by atoms with Crippen molar-refractivity contribution in [3.05, 3.63) is 89.1 Å². The number of fused-ring (bicyclic) bond motifs is 1. The zero-order valence-electron chi connectivity index (χ0n) is 16.8. The molecule has 5 aromatic rings. The van der Waals surface area contributed by atoms with Crippen LogP contribution in [-0.2, 0) is 11.2 Å². The third kappa shape index (κ3) is 4.08. The minimum Gasteiger partial charge on any atom is -0.324 e. The van der Waals surface area contributed by atoms with Gasteiger partial charge in [-0.2, -0.15) is 0 Å². The number of carbonyl (C=O) groups is 1. The second-order valence-corrected chi connectivity index (χ2v) is 8.24. The van der Waals surface area contributed by atoms with E-state index in [1.54, 1.807) is 23.9 Å². The Bertz CT molecular complexity index is 1350. The number of hydrogen-bond donors (Lipinski definition) is 1. The van der Waals surface area contributed by atoms with Crippen LogP contribution in [0, 0.1) is 6.92 Å². The van der Waals surface area contributed by atoms with E-state index >= 15 is 0 Å². The smallest absolute Gasteiger partial charge is 0.228 e. The maximum Gasteiger partial charge on any atom is 0.228 e. The monoisotopic (exact) mass is 425 g/mol. The molecule has 0 fully saturated rings. The van der Waals surface area contributed by atoms with Crippen molar-refractivity contribution in [2.24, 2.45) is 0 Å². The van der Waals surface area contributed by atoms with Gasteiger partial charge in [-0.1, -0.05) is 36.4 Å². The highest BCUT2D eigenvalue weighted by Crippen LogP contribution is 2.22. The molecule has 0 radical (unpaired) electrons. The van der Waals surface area contributed by atoms with Crippen LogP contribution in [0.4, 0.5) is 5.69 Å². The lowest BCUT2D eigenvalue weighted by atomic mass is 10.1. The van der Waals surface area contributed by atoms with Crippen molar-refractivity contribution < 1.29 is 4.79 Å². The van der Waals surface area contributed by atoms with Crippen molar-refractivity contribution in [2.45, 2.75) is 13.3 Å². The van der Waals surface area contributed by atoms with Crippen LogP contribution in [-0.4, -0.2) is 25.4 Å². The minimum absolute atomic E-state index is 0.0834. The summed E-state index contributed by atoms with van der Waals surface area (Å²) in [5.41, 5.74) is 5.53. The topological polar surface area (TPSA) is 72.7 Å². The number of para-hydroxylation sites is 2. The molecule has 0 saturated heterocycles. The lowest BCUT2D eigenvalue weighted by Crippen LogP contribution is -2.14. The van der Waals surface area contributed by atoms with Crippen molar-refractivity contribution in [1.29, 1.82) is 0 Å². The van der Waals surface area contributed by atoms with Gasteiger partial charge >= 0.3 is 0 Å². The Hall–Kier alpha value is -3.84. The van der Waals surface area contributed by atoms with Crippen molar-refractivity contribution >= 4 is 34.0 Å². The fourth-order valence-corrected chi connectivity index (χ4v) is 4.05. The van der Waals surface area contributed by atoms with E-state index in [0.717, 1.165) is 38.7 Å². The van der Waals surface area contributed by atoms with Gasteiger partial charge in [0.25, 0.3) is 0 Å². The normalized spacial score (nSPS) is 11.0. The number of imidazole rings is 1. The molecule has 0 spiro atoms. The molecule has 3 heterocycles. The summed E-state index contributed by atoms with van der Waals surface area (Å²) in [5.74, 6) is 0.666. The Morgan fingerprint density at radius 2 is 1.87 bits per heavy atom. The summed E-state index contributed by atoms with van der Waals surface area (Å²) in [7, 11) is 0. The maximum atomic E-state index is 12.5. The van der Waals surface area contributed by atoms with Crippen LogP contribution in [0.15, 0.2) is 78.6 Å². The van der Waals surface area contributed by atoms with E-state index in [2.05, 4.69) is 20.3 Å². The van der Waals surface area contributed by atoms with E-state index in [0.29, 0.717) is 12.1 Å². The zero-order chi connectivity index (χ0) is 21.2. The van der Waals surface area contributed by atoms with Gasteiger partial charge in [-0.25, -0.2) is 15.0 Å². The highest BCUT2D eigenvalue weighted by molar-refractivity contribution is 7.09. The van der Waals surface area contributed by atoms with Gasteiger partial charge in [0.1, 0.15) is 12.1 Å². The van der Waals surface area contributed by atoms with Crippen LogP contribution in [0.1, 0.15) is 10.6 Å². The zero-order valence-corrected chi connectivity index (χ0v) is 17.6. The Morgan fingerprint density at radius 3 is 2.61 bits per heavy atom. The van der Waals surface area contributed by atoms with E-state index < -0.39 is 0 Å². The van der Waals surface area contributed by atoms with Crippen LogP contribution < -0.4 is 5.32 Å². The molecule has 0 unspecified atom stereocenters. The first-order valence-corrected chi connectivity index (χ1v) is 10.7. The molecule has 31 heavy (non-hydrogen) atoms. The lowest BCUT2D eigenvalue weighted by molar-refractivity contribution is -0.115. The fraction of sp³-hybridized carbons (Fsp3) is 0.0833. The number of aryl methyl sites for hydroxylation is 1. The first-order valence-electron chi connectivity index (χ1n) is 9.85. The van der Waals surface area contributed by atoms with Gasteiger partial charge in [0.2, 0.25) is 5.91 Å². The Morgan fingerprint density at radius 1 is 1.03 bits per heavy atom. The molecule has 7 heteroatoms. The number of rotatable bonds is 5. The molecular weight excluding hydrogens is 406 g/mol. The molecule has 0 atom stereocenters. The minimum atomic E-state index is -0.0834. The maximum absolute atomic E-state index is 12.5. The summed E-state index contributed by atoms with van der Waals surface area (Å²) in [4.78, 5) is 25.8.